The molecule has 3 heteroatoms. The Bertz CT molecular complexity index is 1110. The van der Waals surface area contributed by atoms with E-state index in [1.54, 1.807) is 22.3 Å². The number of fused-ring (bicyclic) bond motifs is 4. The maximum atomic E-state index is 2.72. The molecular formula is C31H30Cl2Zr. The molecule has 1 aliphatic heterocycles. The minimum atomic E-state index is -0.657. The summed E-state index contributed by atoms with van der Waals surface area (Å²) in [6.45, 7) is 0. The van der Waals surface area contributed by atoms with E-state index in [9.17, 15) is 0 Å². The molecule has 0 spiro atoms. The molecule has 1 saturated heterocycles. The van der Waals surface area contributed by atoms with E-state index in [1.165, 1.54) is 62.5 Å². The Labute approximate surface area is 228 Å². The molecular weight excluding hydrogens is 534 g/mol. The van der Waals surface area contributed by atoms with Gasteiger partial charge in [-0.25, -0.2) is 0 Å². The van der Waals surface area contributed by atoms with Gasteiger partial charge in [-0.2, -0.15) is 0 Å². The Morgan fingerprint density at radius 2 is 0.971 bits per heavy atom. The van der Waals surface area contributed by atoms with Gasteiger partial charge in [0.25, 0.3) is 0 Å². The van der Waals surface area contributed by atoms with E-state index in [4.69, 9.17) is 0 Å². The Kier molecular flexibility index (Phi) is 7.02. The van der Waals surface area contributed by atoms with Gasteiger partial charge in [0.2, 0.25) is 0 Å². The largest absolute Gasteiger partial charge is 1.00 e. The zero-order valence-electron chi connectivity index (χ0n) is 19.5. The first-order chi connectivity index (χ1) is 15.9. The van der Waals surface area contributed by atoms with Crippen molar-refractivity contribution in [2.75, 3.05) is 0 Å². The first-order valence-electron chi connectivity index (χ1n) is 12.6. The summed E-state index contributed by atoms with van der Waals surface area (Å²) in [5.74, 6) is 0. The van der Waals surface area contributed by atoms with Crippen LogP contribution in [0.25, 0.3) is 0 Å². The molecule has 0 bridgehead atoms. The molecule has 4 aliphatic carbocycles. The van der Waals surface area contributed by atoms with Crippen LogP contribution >= 0.6 is 0 Å². The third-order valence-corrected chi connectivity index (χ3v) is 13.6. The summed E-state index contributed by atoms with van der Waals surface area (Å²) in [6, 6.07) is 23.1. The van der Waals surface area contributed by atoms with Crippen molar-refractivity contribution in [1.82, 2.24) is 0 Å². The van der Waals surface area contributed by atoms with Crippen molar-refractivity contribution in [2.45, 2.75) is 64.0 Å². The van der Waals surface area contributed by atoms with Crippen molar-refractivity contribution in [3.05, 3.63) is 117 Å². The number of benzene rings is 2. The van der Waals surface area contributed by atoms with Gasteiger partial charge in [0.05, 0.1) is 0 Å². The molecule has 172 valence electrons. The molecule has 1 heterocycles. The third kappa shape index (κ3) is 3.49. The molecule has 34 heavy (non-hydrogen) atoms. The second kappa shape index (κ2) is 9.73. The molecule has 0 nitrogen and oxygen atoms in total. The number of hydrogen-bond donors (Lipinski definition) is 0. The molecule has 0 aromatic heterocycles. The Hall–Kier alpha value is -1.14. The minimum absolute atomic E-state index is 0. The fourth-order valence-electron chi connectivity index (χ4n) is 7.38. The summed E-state index contributed by atoms with van der Waals surface area (Å²) in [6.07, 6.45) is 16.3. The molecule has 2 atom stereocenters. The van der Waals surface area contributed by atoms with Crippen molar-refractivity contribution in [2.24, 2.45) is 0 Å². The van der Waals surface area contributed by atoms with E-state index in [0.29, 0.717) is 0 Å². The second-order valence-electron chi connectivity index (χ2n) is 10.2. The van der Waals surface area contributed by atoms with Crippen LogP contribution in [0.1, 0.15) is 62.5 Å². The normalized spacial score (nSPS) is 25.8. The van der Waals surface area contributed by atoms with Crippen molar-refractivity contribution in [3.63, 3.8) is 0 Å². The smallest absolute Gasteiger partial charge is 1.00 e. The summed E-state index contributed by atoms with van der Waals surface area (Å²) < 4.78 is 1.59. The molecule has 5 aliphatic rings. The maximum Gasteiger partial charge on any atom is -1.00 e. The van der Waals surface area contributed by atoms with E-state index < -0.39 is 23.2 Å². The van der Waals surface area contributed by atoms with E-state index in [0.717, 1.165) is 7.25 Å². The van der Waals surface area contributed by atoms with Crippen LogP contribution in [-0.2, 0) is 28.6 Å². The summed E-state index contributed by atoms with van der Waals surface area (Å²) in [7, 11) is 0. The Morgan fingerprint density at radius 3 is 1.41 bits per heavy atom. The van der Waals surface area contributed by atoms with Crippen molar-refractivity contribution in [1.29, 1.82) is 0 Å². The molecule has 1 fully saturated rings. The SMILES string of the molecule is C1=C2[CH]([Zr+2][CH]3C(=CC4=C3CCCC4)C2(c2ccccc2)c2ccccc2)C2=C1CCCC2.[Cl-].[Cl-]. The van der Waals surface area contributed by atoms with Gasteiger partial charge < -0.3 is 24.8 Å². The third-order valence-electron chi connectivity index (χ3n) is 8.70. The first-order valence-corrected chi connectivity index (χ1v) is 15.5. The monoisotopic (exact) mass is 562 g/mol. The van der Waals surface area contributed by atoms with Crippen molar-refractivity contribution >= 4 is 0 Å². The summed E-state index contributed by atoms with van der Waals surface area (Å²) in [5.41, 5.74) is 13.6. The van der Waals surface area contributed by atoms with Crippen LogP contribution in [-0.4, -0.2) is 0 Å². The van der Waals surface area contributed by atoms with Gasteiger partial charge in [-0.15, -0.1) is 0 Å². The van der Waals surface area contributed by atoms with Gasteiger partial charge >= 0.3 is 205 Å². The Morgan fingerprint density at radius 1 is 0.559 bits per heavy atom. The van der Waals surface area contributed by atoms with Gasteiger partial charge in [-0.3, -0.25) is 0 Å². The van der Waals surface area contributed by atoms with Crippen LogP contribution in [0.2, 0.25) is 7.25 Å². The van der Waals surface area contributed by atoms with E-state index in [1.807, 2.05) is 11.1 Å². The van der Waals surface area contributed by atoms with E-state index in [-0.39, 0.29) is 30.2 Å². The average molecular weight is 565 g/mol. The molecule has 0 saturated carbocycles. The predicted molar refractivity (Wildman–Crippen MR) is 128 cm³/mol. The van der Waals surface area contributed by atoms with Crippen LogP contribution < -0.4 is 24.8 Å². The van der Waals surface area contributed by atoms with Crippen molar-refractivity contribution in [3.8, 4) is 0 Å². The van der Waals surface area contributed by atoms with Gasteiger partial charge in [0.15, 0.2) is 0 Å². The number of allylic oxidation sites excluding steroid dienone is 8. The first kappa shape index (κ1) is 24.6. The zero-order chi connectivity index (χ0) is 21.1. The Balaban J connectivity index is 0.00000120. The van der Waals surface area contributed by atoms with Crippen LogP contribution in [0, 0.1) is 0 Å². The summed E-state index contributed by atoms with van der Waals surface area (Å²) >= 11 is -0.657. The standard InChI is InChI=1S/C31H30.2ClH.Zr/c1-3-15-27(16-4-1)31(28-17-5-2-6-18-28,29-19-23-11-7-8-12-24(23)20-29)30-21-25-13-9-10-14-26(25)22-30;;;/h1-6,15-22H,7-14H2;2*1H;/q;;;+2/p-2. The molecule has 0 N–H and O–H groups in total. The van der Waals surface area contributed by atoms with Crippen LogP contribution in [0.5, 0.6) is 0 Å². The molecule has 0 radical (unpaired) electrons. The summed E-state index contributed by atoms with van der Waals surface area (Å²) in [4.78, 5) is 0. The predicted octanol–water partition coefficient (Wildman–Crippen LogP) is 2.28. The molecule has 0 amide bonds. The number of rotatable bonds is 2. The fraction of sp³-hybridized carbons (Fsp3) is 0.355. The molecule has 2 unspecified atom stereocenters. The van der Waals surface area contributed by atoms with E-state index >= 15 is 0 Å². The molecule has 2 aromatic rings. The van der Waals surface area contributed by atoms with Gasteiger partial charge in [-0.1, -0.05) is 0 Å². The van der Waals surface area contributed by atoms with Crippen LogP contribution in [0.4, 0.5) is 0 Å². The average Bonchev–Trinajstić information content (AvgIpc) is 3.42. The summed E-state index contributed by atoms with van der Waals surface area (Å²) in [5, 5.41) is 0. The number of hydrogen-bond acceptors (Lipinski definition) is 0. The van der Waals surface area contributed by atoms with Crippen LogP contribution in [0.15, 0.2) is 106 Å². The second-order valence-corrected chi connectivity index (χ2v) is 13.9. The van der Waals surface area contributed by atoms with Gasteiger partial charge in [-0.05, 0) is 0 Å². The van der Waals surface area contributed by atoms with Gasteiger partial charge in [0, 0.05) is 0 Å². The molecule has 2 aromatic carbocycles. The quantitative estimate of drug-likeness (QED) is 0.526. The zero-order valence-corrected chi connectivity index (χ0v) is 23.5. The molecule has 7 rings (SSSR count). The fourth-order valence-corrected chi connectivity index (χ4v) is 13.2. The minimum Gasteiger partial charge on any atom is -1.00 e. The maximum absolute atomic E-state index is 2.72. The van der Waals surface area contributed by atoms with Crippen LogP contribution in [0.3, 0.4) is 0 Å². The van der Waals surface area contributed by atoms with Gasteiger partial charge in [0.1, 0.15) is 0 Å². The topological polar surface area (TPSA) is 0 Å². The van der Waals surface area contributed by atoms with E-state index in [2.05, 4.69) is 72.8 Å². The number of halogens is 2. The van der Waals surface area contributed by atoms with Crippen molar-refractivity contribution < 1.29 is 48.0 Å².